The van der Waals surface area contributed by atoms with Gasteiger partial charge in [0.15, 0.2) is 5.82 Å². The molecule has 1 aromatic carbocycles. The van der Waals surface area contributed by atoms with E-state index in [-0.39, 0.29) is 0 Å². The molecule has 0 atom stereocenters. The highest BCUT2D eigenvalue weighted by atomic mass is 127. The third-order valence-corrected chi connectivity index (χ3v) is 5.84. The van der Waals surface area contributed by atoms with Gasteiger partial charge in [0, 0.05) is 54.1 Å². The number of anilines is 2. The van der Waals surface area contributed by atoms with Gasteiger partial charge in [-0.3, -0.25) is 10.3 Å². The van der Waals surface area contributed by atoms with Crippen LogP contribution in [-0.4, -0.2) is 81.9 Å². The number of aromatic nitrogens is 1. The van der Waals surface area contributed by atoms with E-state index in [0.717, 1.165) is 70.4 Å². The molecule has 3 heterocycles. The summed E-state index contributed by atoms with van der Waals surface area (Å²) in [5, 5.41) is 4.37. The minimum absolute atomic E-state index is 0.588. The molecule has 9 heteroatoms. The van der Waals surface area contributed by atoms with Crippen molar-refractivity contribution >= 4 is 40.3 Å². The minimum Gasteiger partial charge on any atom is -0.476 e. The molecule has 0 radical (unpaired) electrons. The van der Waals surface area contributed by atoms with Crippen LogP contribution in [0.2, 0.25) is 0 Å². The summed E-state index contributed by atoms with van der Waals surface area (Å²) in [5.74, 6) is 1.26. The fourth-order valence-corrected chi connectivity index (χ4v) is 4.06. The van der Waals surface area contributed by atoms with Crippen LogP contribution < -0.4 is 15.1 Å². The standard InChI is InChI=1S/C22H28IN5O3/c23-19-3-1-2-18(14-19)17-24-26-21-15-20(28-7-11-30-12-8-28)16-22(25-21)31-13-6-27-4-9-29-10-5-27/h1-3,14-17H,4-13H2,(H,25,26). The van der Waals surface area contributed by atoms with Crippen LogP contribution >= 0.6 is 22.6 Å². The number of pyridine rings is 1. The van der Waals surface area contributed by atoms with E-state index >= 15 is 0 Å². The molecule has 1 aromatic heterocycles. The number of halogens is 1. The van der Waals surface area contributed by atoms with E-state index in [4.69, 9.17) is 14.2 Å². The predicted octanol–water partition coefficient (Wildman–Crippen LogP) is 2.68. The Morgan fingerprint density at radius 3 is 2.61 bits per heavy atom. The molecule has 0 unspecified atom stereocenters. The average molecular weight is 537 g/mol. The van der Waals surface area contributed by atoms with Crippen molar-refractivity contribution in [3.8, 4) is 5.88 Å². The second kappa shape index (κ2) is 11.6. The molecule has 4 rings (SSSR count). The van der Waals surface area contributed by atoms with Gasteiger partial charge in [0.05, 0.1) is 32.6 Å². The third-order valence-electron chi connectivity index (χ3n) is 5.17. The number of hydrazone groups is 1. The fraction of sp³-hybridized carbons (Fsp3) is 0.455. The van der Waals surface area contributed by atoms with Crippen LogP contribution in [0, 0.1) is 3.57 Å². The molecule has 8 nitrogen and oxygen atoms in total. The Hall–Kier alpha value is -1.95. The van der Waals surface area contributed by atoms with E-state index in [9.17, 15) is 0 Å². The monoisotopic (exact) mass is 537 g/mol. The highest BCUT2D eigenvalue weighted by molar-refractivity contribution is 14.1. The zero-order valence-electron chi connectivity index (χ0n) is 17.5. The van der Waals surface area contributed by atoms with Gasteiger partial charge < -0.3 is 19.1 Å². The molecule has 0 aliphatic carbocycles. The largest absolute Gasteiger partial charge is 0.476 e. The quantitative estimate of drug-likeness (QED) is 0.316. The summed E-state index contributed by atoms with van der Waals surface area (Å²) in [6.07, 6.45) is 1.80. The number of ether oxygens (including phenoxy) is 3. The molecule has 0 saturated carbocycles. The number of hydrogen-bond donors (Lipinski definition) is 1. The second-order valence-corrected chi connectivity index (χ2v) is 8.62. The number of rotatable bonds is 8. The Kier molecular flexibility index (Phi) is 8.33. The maximum atomic E-state index is 6.02. The van der Waals surface area contributed by atoms with Crippen LogP contribution in [0.25, 0.3) is 0 Å². The van der Waals surface area contributed by atoms with E-state index in [1.165, 1.54) is 3.57 Å². The lowest BCUT2D eigenvalue weighted by Gasteiger charge is -2.29. The molecule has 166 valence electrons. The van der Waals surface area contributed by atoms with Crippen LogP contribution in [0.4, 0.5) is 11.5 Å². The van der Waals surface area contributed by atoms with E-state index in [0.29, 0.717) is 18.3 Å². The average Bonchev–Trinajstić information content (AvgIpc) is 2.80. The number of benzene rings is 1. The fourth-order valence-electron chi connectivity index (χ4n) is 3.49. The molecule has 2 fully saturated rings. The van der Waals surface area contributed by atoms with Crippen LogP contribution in [0.5, 0.6) is 5.88 Å². The zero-order valence-corrected chi connectivity index (χ0v) is 19.7. The molecule has 2 aliphatic rings. The molecular weight excluding hydrogens is 509 g/mol. The number of hydrogen-bond acceptors (Lipinski definition) is 8. The summed E-state index contributed by atoms with van der Waals surface area (Å²) in [6, 6.07) is 12.2. The highest BCUT2D eigenvalue weighted by Gasteiger charge is 2.15. The van der Waals surface area contributed by atoms with Crippen molar-refractivity contribution in [2.75, 3.05) is 76.1 Å². The van der Waals surface area contributed by atoms with Crippen molar-refractivity contribution in [3.05, 3.63) is 45.5 Å². The first-order chi connectivity index (χ1) is 15.3. The molecular formula is C22H28IN5O3. The Bertz CT molecular complexity index is 870. The lowest BCUT2D eigenvalue weighted by molar-refractivity contribution is 0.0320. The summed E-state index contributed by atoms with van der Waals surface area (Å²) in [6.45, 7) is 8.08. The van der Waals surface area contributed by atoms with Crippen molar-refractivity contribution in [2.24, 2.45) is 5.10 Å². The topological polar surface area (TPSA) is 71.5 Å². The first kappa shape index (κ1) is 22.3. The van der Waals surface area contributed by atoms with Gasteiger partial charge >= 0.3 is 0 Å². The smallest absolute Gasteiger partial charge is 0.217 e. The van der Waals surface area contributed by atoms with Crippen LogP contribution in [0.15, 0.2) is 41.5 Å². The molecule has 0 amide bonds. The van der Waals surface area contributed by atoms with E-state index in [2.05, 4.69) is 60.0 Å². The van der Waals surface area contributed by atoms with Gasteiger partial charge in [-0.15, -0.1) is 0 Å². The Balaban J connectivity index is 1.43. The summed E-state index contributed by atoms with van der Waals surface area (Å²) in [4.78, 5) is 9.24. The second-order valence-electron chi connectivity index (χ2n) is 7.38. The first-order valence-corrected chi connectivity index (χ1v) is 11.7. The summed E-state index contributed by atoms with van der Waals surface area (Å²) >= 11 is 2.29. The Morgan fingerprint density at radius 2 is 1.84 bits per heavy atom. The Labute approximate surface area is 196 Å². The van der Waals surface area contributed by atoms with E-state index in [1.54, 1.807) is 6.21 Å². The maximum Gasteiger partial charge on any atom is 0.217 e. The third kappa shape index (κ3) is 7.03. The van der Waals surface area contributed by atoms with Gasteiger partial charge in [0.25, 0.3) is 0 Å². The lowest BCUT2D eigenvalue weighted by Crippen LogP contribution is -2.38. The summed E-state index contributed by atoms with van der Waals surface area (Å²) in [7, 11) is 0. The molecule has 0 bridgehead atoms. The summed E-state index contributed by atoms with van der Waals surface area (Å²) in [5.41, 5.74) is 5.16. The van der Waals surface area contributed by atoms with Crippen molar-refractivity contribution in [1.82, 2.24) is 9.88 Å². The lowest BCUT2D eigenvalue weighted by atomic mass is 10.2. The number of morpholine rings is 2. The van der Waals surface area contributed by atoms with Crippen LogP contribution in [0.3, 0.4) is 0 Å². The molecule has 1 N–H and O–H groups in total. The molecule has 0 spiro atoms. The molecule has 2 aromatic rings. The molecule has 2 saturated heterocycles. The van der Waals surface area contributed by atoms with Crippen molar-refractivity contribution in [2.45, 2.75) is 0 Å². The predicted molar refractivity (Wildman–Crippen MR) is 130 cm³/mol. The van der Waals surface area contributed by atoms with Crippen LogP contribution in [0.1, 0.15) is 5.56 Å². The Morgan fingerprint density at radius 1 is 1.06 bits per heavy atom. The van der Waals surface area contributed by atoms with Gasteiger partial charge in [0.1, 0.15) is 6.61 Å². The van der Waals surface area contributed by atoms with Gasteiger partial charge in [0.2, 0.25) is 5.88 Å². The van der Waals surface area contributed by atoms with Gasteiger partial charge in [-0.25, -0.2) is 0 Å². The van der Waals surface area contributed by atoms with Crippen molar-refractivity contribution in [1.29, 1.82) is 0 Å². The number of nitrogens with zero attached hydrogens (tertiary/aromatic N) is 4. The highest BCUT2D eigenvalue weighted by Crippen LogP contribution is 2.25. The van der Waals surface area contributed by atoms with E-state index in [1.807, 2.05) is 24.3 Å². The molecule has 2 aliphatic heterocycles. The first-order valence-electron chi connectivity index (χ1n) is 10.6. The maximum absolute atomic E-state index is 6.02. The number of nitrogens with one attached hydrogen (secondary N) is 1. The van der Waals surface area contributed by atoms with Crippen molar-refractivity contribution < 1.29 is 14.2 Å². The van der Waals surface area contributed by atoms with Gasteiger partial charge in [-0.05, 0) is 40.3 Å². The normalized spacial score (nSPS) is 17.8. The van der Waals surface area contributed by atoms with Gasteiger partial charge in [-0.2, -0.15) is 10.1 Å². The van der Waals surface area contributed by atoms with Crippen molar-refractivity contribution in [3.63, 3.8) is 0 Å². The van der Waals surface area contributed by atoms with E-state index < -0.39 is 0 Å². The zero-order chi connectivity index (χ0) is 21.3. The van der Waals surface area contributed by atoms with Crippen LogP contribution in [-0.2, 0) is 9.47 Å². The van der Waals surface area contributed by atoms with Gasteiger partial charge in [-0.1, -0.05) is 12.1 Å². The SMILES string of the molecule is Ic1cccc(C=NNc2cc(N3CCOCC3)cc(OCCN3CCOCC3)n2)c1. The minimum atomic E-state index is 0.588. The summed E-state index contributed by atoms with van der Waals surface area (Å²) < 4.78 is 18.1. The molecule has 31 heavy (non-hydrogen) atoms.